The number of hydrogen-bond donors (Lipinski definition) is 0. The minimum absolute atomic E-state index is 0.400. The molecule has 1 aliphatic heterocycles. The average molecular weight is 205 g/mol. The first-order chi connectivity index (χ1) is 6.26. The van der Waals surface area contributed by atoms with Crippen LogP contribution in [0.5, 0.6) is 0 Å². The second kappa shape index (κ2) is 5.84. The summed E-state index contributed by atoms with van der Waals surface area (Å²) in [5.74, 6) is 0. The van der Waals surface area contributed by atoms with E-state index < -0.39 is 0 Å². The molecule has 1 rings (SSSR count). The minimum atomic E-state index is 0.400. The van der Waals surface area contributed by atoms with Gasteiger partial charge in [0.15, 0.2) is 0 Å². The van der Waals surface area contributed by atoms with Gasteiger partial charge in [0.2, 0.25) is 0 Å². The summed E-state index contributed by atoms with van der Waals surface area (Å²) in [6.45, 7) is 11.4. The molecule has 0 aromatic rings. The van der Waals surface area contributed by atoms with E-state index in [4.69, 9.17) is 11.6 Å². The highest BCUT2D eigenvalue weighted by atomic mass is 35.5. The maximum Gasteiger partial charge on any atom is 0.0475 e. The van der Waals surface area contributed by atoms with E-state index in [1.165, 1.54) is 26.1 Å². The SMILES string of the molecule is CCN(CC)CCN1CCC(Cl)C1. The zero-order valence-corrected chi connectivity index (χ0v) is 9.56. The van der Waals surface area contributed by atoms with Crippen LogP contribution in [0, 0.1) is 0 Å². The Bertz CT molecular complexity index is 137. The van der Waals surface area contributed by atoms with Crippen molar-refractivity contribution in [3.8, 4) is 0 Å². The summed E-state index contributed by atoms with van der Waals surface area (Å²) in [6.07, 6.45) is 1.17. The summed E-state index contributed by atoms with van der Waals surface area (Å²) in [4.78, 5) is 4.93. The monoisotopic (exact) mass is 204 g/mol. The van der Waals surface area contributed by atoms with Crippen molar-refractivity contribution in [1.82, 2.24) is 9.80 Å². The fourth-order valence-corrected chi connectivity index (χ4v) is 2.10. The molecule has 0 aromatic heterocycles. The van der Waals surface area contributed by atoms with Crippen molar-refractivity contribution in [2.45, 2.75) is 25.6 Å². The molecular weight excluding hydrogens is 184 g/mol. The van der Waals surface area contributed by atoms with Gasteiger partial charge in [-0.2, -0.15) is 0 Å². The highest BCUT2D eigenvalue weighted by molar-refractivity contribution is 6.20. The molecular formula is C10H21ClN2. The van der Waals surface area contributed by atoms with Gasteiger partial charge < -0.3 is 9.80 Å². The predicted molar refractivity (Wildman–Crippen MR) is 58.5 cm³/mol. The lowest BCUT2D eigenvalue weighted by atomic mass is 10.4. The Balaban J connectivity index is 2.11. The Morgan fingerprint density at radius 1 is 1.38 bits per heavy atom. The molecule has 1 fully saturated rings. The summed E-state index contributed by atoms with van der Waals surface area (Å²) in [7, 11) is 0. The molecule has 0 bridgehead atoms. The van der Waals surface area contributed by atoms with Gasteiger partial charge in [-0.1, -0.05) is 13.8 Å². The van der Waals surface area contributed by atoms with E-state index >= 15 is 0 Å². The van der Waals surface area contributed by atoms with Crippen LogP contribution in [-0.2, 0) is 0 Å². The molecule has 0 aromatic carbocycles. The lowest BCUT2D eigenvalue weighted by Crippen LogP contribution is -2.34. The van der Waals surface area contributed by atoms with Crippen LogP contribution in [0.25, 0.3) is 0 Å². The average Bonchev–Trinajstić information content (AvgIpc) is 2.53. The van der Waals surface area contributed by atoms with E-state index in [9.17, 15) is 0 Å². The Morgan fingerprint density at radius 2 is 2.08 bits per heavy atom. The van der Waals surface area contributed by atoms with Crippen molar-refractivity contribution in [1.29, 1.82) is 0 Å². The summed E-state index contributed by atoms with van der Waals surface area (Å²) in [5, 5.41) is 0.400. The van der Waals surface area contributed by atoms with Crippen LogP contribution in [0.15, 0.2) is 0 Å². The van der Waals surface area contributed by atoms with Gasteiger partial charge in [-0.05, 0) is 26.1 Å². The zero-order valence-electron chi connectivity index (χ0n) is 8.80. The van der Waals surface area contributed by atoms with E-state index in [1.807, 2.05) is 0 Å². The molecule has 0 aliphatic carbocycles. The van der Waals surface area contributed by atoms with Gasteiger partial charge in [0.1, 0.15) is 0 Å². The van der Waals surface area contributed by atoms with E-state index in [-0.39, 0.29) is 0 Å². The van der Waals surface area contributed by atoms with Crippen LogP contribution in [-0.4, -0.2) is 54.4 Å². The summed E-state index contributed by atoms with van der Waals surface area (Å²) in [5.41, 5.74) is 0. The van der Waals surface area contributed by atoms with Crippen molar-refractivity contribution in [2.24, 2.45) is 0 Å². The second-order valence-corrected chi connectivity index (χ2v) is 4.33. The molecule has 0 N–H and O–H groups in total. The number of hydrogen-bond acceptors (Lipinski definition) is 2. The maximum atomic E-state index is 6.03. The molecule has 1 heterocycles. The molecule has 2 nitrogen and oxygen atoms in total. The van der Waals surface area contributed by atoms with Gasteiger partial charge in [-0.15, -0.1) is 11.6 Å². The lowest BCUT2D eigenvalue weighted by Gasteiger charge is -2.22. The third-order valence-corrected chi connectivity index (χ3v) is 3.20. The van der Waals surface area contributed by atoms with Crippen molar-refractivity contribution in [2.75, 3.05) is 39.3 Å². The zero-order chi connectivity index (χ0) is 9.68. The molecule has 0 saturated carbocycles. The van der Waals surface area contributed by atoms with Gasteiger partial charge in [0.25, 0.3) is 0 Å². The highest BCUT2D eigenvalue weighted by Crippen LogP contribution is 2.13. The Labute approximate surface area is 86.8 Å². The Hall–Kier alpha value is 0.210. The quantitative estimate of drug-likeness (QED) is 0.629. The van der Waals surface area contributed by atoms with E-state index in [0.717, 1.165) is 19.6 Å². The summed E-state index contributed by atoms with van der Waals surface area (Å²) in [6, 6.07) is 0. The van der Waals surface area contributed by atoms with Gasteiger partial charge in [-0.25, -0.2) is 0 Å². The number of alkyl halides is 1. The fourth-order valence-electron chi connectivity index (χ4n) is 1.81. The smallest absolute Gasteiger partial charge is 0.0475 e. The third kappa shape index (κ3) is 3.84. The molecule has 13 heavy (non-hydrogen) atoms. The van der Waals surface area contributed by atoms with Crippen LogP contribution >= 0.6 is 11.6 Å². The first-order valence-electron chi connectivity index (χ1n) is 5.35. The number of likely N-dealkylation sites (N-methyl/N-ethyl adjacent to an activating group) is 1. The largest absolute Gasteiger partial charge is 0.303 e. The van der Waals surface area contributed by atoms with Crippen molar-refractivity contribution < 1.29 is 0 Å². The number of halogens is 1. The molecule has 1 atom stereocenters. The molecule has 1 saturated heterocycles. The van der Waals surface area contributed by atoms with Gasteiger partial charge in [-0.3, -0.25) is 0 Å². The van der Waals surface area contributed by atoms with Crippen LogP contribution in [0.4, 0.5) is 0 Å². The molecule has 78 valence electrons. The Morgan fingerprint density at radius 3 is 2.54 bits per heavy atom. The topological polar surface area (TPSA) is 6.48 Å². The number of nitrogens with zero attached hydrogens (tertiary/aromatic N) is 2. The van der Waals surface area contributed by atoms with E-state index in [2.05, 4.69) is 23.6 Å². The molecule has 3 heteroatoms. The van der Waals surface area contributed by atoms with E-state index in [1.54, 1.807) is 0 Å². The van der Waals surface area contributed by atoms with E-state index in [0.29, 0.717) is 5.38 Å². The van der Waals surface area contributed by atoms with Crippen LogP contribution in [0.2, 0.25) is 0 Å². The minimum Gasteiger partial charge on any atom is -0.303 e. The molecule has 1 aliphatic rings. The molecule has 1 unspecified atom stereocenters. The molecule has 0 radical (unpaired) electrons. The van der Waals surface area contributed by atoms with Crippen LogP contribution in [0.3, 0.4) is 0 Å². The second-order valence-electron chi connectivity index (χ2n) is 3.71. The lowest BCUT2D eigenvalue weighted by molar-refractivity contribution is 0.241. The number of likely N-dealkylation sites (tertiary alicyclic amines) is 1. The van der Waals surface area contributed by atoms with Crippen LogP contribution in [0.1, 0.15) is 20.3 Å². The van der Waals surface area contributed by atoms with Crippen molar-refractivity contribution in [3.05, 3.63) is 0 Å². The maximum absolute atomic E-state index is 6.03. The van der Waals surface area contributed by atoms with Crippen LogP contribution < -0.4 is 0 Å². The fraction of sp³-hybridized carbons (Fsp3) is 1.00. The standard InChI is InChI=1S/C10H21ClN2/c1-3-12(4-2)7-8-13-6-5-10(11)9-13/h10H,3-9H2,1-2H3. The van der Waals surface area contributed by atoms with Crippen molar-refractivity contribution >= 4 is 11.6 Å². The van der Waals surface area contributed by atoms with Gasteiger partial charge in [0.05, 0.1) is 0 Å². The summed E-state index contributed by atoms with van der Waals surface area (Å²) >= 11 is 6.03. The molecule has 0 amide bonds. The molecule has 0 spiro atoms. The predicted octanol–water partition coefficient (Wildman–Crippen LogP) is 1.64. The van der Waals surface area contributed by atoms with Gasteiger partial charge >= 0.3 is 0 Å². The highest BCUT2D eigenvalue weighted by Gasteiger charge is 2.19. The summed E-state index contributed by atoms with van der Waals surface area (Å²) < 4.78 is 0. The number of rotatable bonds is 5. The Kier molecular flexibility index (Phi) is 5.07. The first kappa shape index (κ1) is 11.3. The first-order valence-corrected chi connectivity index (χ1v) is 5.78. The third-order valence-electron chi connectivity index (χ3n) is 2.84. The normalized spacial score (nSPS) is 24.5. The van der Waals surface area contributed by atoms with Gasteiger partial charge in [0, 0.05) is 25.0 Å². The van der Waals surface area contributed by atoms with Crippen molar-refractivity contribution in [3.63, 3.8) is 0 Å².